The molecule has 1 heterocycles. The van der Waals surface area contributed by atoms with E-state index in [-0.39, 0.29) is 5.91 Å². The highest BCUT2D eigenvalue weighted by atomic mass is 16.3. The van der Waals surface area contributed by atoms with Gasteiger partial charge >= 0.3 is 0 Å². The summed E-state index contributed by atoms with van der Waals surface area (Å²) in [6.45, 7) is 1.79. The van der Waals surface area contributed by atoms with Gasteiger partial charge < -0.3 is 10.2 Å². The summed E-state index contributed by atoms with van der Waals surface area (Å²) >= 11 is 0. The van der Waals surface area contributed by atoms with E-state index < -0.39 is 6.04 Å². The van der Waals surface area contributed by atoms with Crippen molar-refractivity contribution >= 4 is 17.0 Å². The summed E-state index contributed by atoms with van der Waals surface area (Å²) in [5.74, 6) is 0.225. The molecule has 1 aromatic heterocycles. The zero-order valence-electron chi connectivity index (χ0n) is 10.1. The number of nitrogens with zero attached hydrogens (tertiary/aromatic N) is 2. The number of carbonyl (C=O) groups excluding carboxylic acids is 1. The summed E-state index contributed by atoms with van der Waals surface area (Å²) in [5.41, 5.74) is 7.66. The van der Waals surface area contributed by atoms with E-state index in [4.69, 9.17) is 10.2 Å². The third kappa shape index (κ3) is 2.14. The molecule has 2 rings (SSSR count). The maximum atomic E-state index is 11.4. The molecule has 1 atom stereocenters. The van der Waals surface area contributed by atoms with E-state index in [2.05, 4.69) is 4.98 Å². The Bertz CT molecular complexity index is 560. The molecule has 1 amide bonds. The molecule has 0 saturated carbocycles. The molecule has 0 spiro atoms. The van der Waals surface area contributed by atoms with Crippen LogP contribution in [0, 0.1) is 6.92 Å². The fourth-order valence-corrected chi connectivity index (χ4v) is 1.94. The number of benzene rings is 1. The number of aromatic nitrogens is 1. The van der Waals surface area contributed by atoms with Crippen molar-refractivity contribution in [3.63, 3.8) is 0 Å². The lowest BCUT2D eigenvalue weighted by Crippen LogP contribution is -2.32. The van der Waals surface area contributed by atoms with Gasteiger partial charge in [-0.15, -0.1) is 0 Å². The van der Waals surface area contributed by atoms with Gasteiger partial charge in [0, 0.05) is 6.92 Å². The van der Waals surface area contributed by atoms with Gasteiger partial charge in [0.15, 0.2) is 11.5 Å². The Morgan fingerprint density at radius 1 is 1.47 bits per heavy atom. The molecular formula is C12H15N3O2. The number of likely N-dealkylation sites (N-methyl/N-ethyl adjacent to an activating group) is 1. The second-order valence-electron chi connectivity index (χ2n) is 4.23. The van der Waals surface area contributed by atoms with Gasteiger partial charge in [-0.1, -0.05) is 6.07 Å². The van der Waals surface area contributed by atoms with Gasteiger partial charge in [0.25, 0.3) is 0 Å². The van der Waals surface area contributed by atoms with Gasteiger partial charge in [0.2, 0.25) is 5.91 Å². The van der Waals surface area contributed by atoms with Crippen molar-refractivity contribution in [2.75, 3.05) is 14.1 Å². The summed E-state index contributed by atoms with van der Waals surface area (Å²) in [4.78, 5) is 17.4. The molecule has 0 radical (unpaired) electrons. The van der Waals surface area contributed by atoms with Crippen LogP contribution in [0.1, 0.15) is 17.5 Å². The van der Waals surface area contributed by atoms with Crippen molar-refractivity contribution in [1.82, 2.24) is 9.88 Å². The maximum absolute atomic E-state index is 11.4. The number of amides is 1. The normalized spacial score (nSPS) is 13.2. The number of hydrogen-bond donors (Lipinski definition) is 1. The largest absolute Gasteiger partial charge is 0.441 e. The second-order valence-corrected chi connectivity index (χ2v) is 4.23. The van der Waals surface area contributed by atoms with Crippen molar-refractivity contribution in [2.45, 2.75) is 13.0 Å². The van der Waals surface area contributed by atoms with Crippen LogP contribution in [-0.2, 0) is 4.79 Å². The standard InChI is InChI=1S/C12H15N3O2/c1-7-14-9-5-4-8(6-10(9)17-7)11(12(13)16)15(2)3/h4-6,11H,1-3H3,(H2,13,16). The average Bonchev–Trinajstić information content (AvgIpc) is 2.56. The monoisotopic (exact) mass is 233 g/mol. The third-order valence-corrected chi connectivity index (χ3v) is 2.62. The number of fused-ring (bicyclic) bond motifs is 1. The van der Waals surface area contributed by atoms with Crippen molar-refractivity contribution in [2.24, 2.45) is 5.73 Å². The molecule has 0 saturated heterocycles. The van der Waals surface area contributed by atoms with E-state index in [0.717, 1.165) is 11.1 Å². The first-order valence-corrected chi connectivity index (χ1v) is 5.32. The average molecular weight is 233 g/mol. The first-order chi connectivity index (χ1) is 7.99. The summed E-state index contributed by atoms with van der Waals surface area (Å²) in [5, 5.41) is 0. The fraction of sp³-hybridized carbons (Fsp3) is 0.333. The van der Waals surface area contributed by atoms with Gasteiger partial charge in [0.1, 0.15) is 11.6 Å². The molecule has 0 bridgehead atoms. The van der Waals surface area contributed by atoms with Crippen LogP contribution >= 0.6 is 0 Å². The molecule has 1 aromatic carbocycles. The topological polar surface area (TPSA) is 72.4 Å². The number of carbonyl (C=O) groups is 1. The third-order valence-electron chi connectivity index (χ3n) is 2.62. The lowest BCUT2D eigenvalue weighted by molar-refractivity contribution is -0.122. The van der Waals surface area contributed by atoms with Crippen LogP contribution in [-0.4, -0.2) is 29.9 Å². The minimum Gasteiger partial charge on any atom is -0.441 e. The predicted molar refractivity (Wildman–Crippen MR) is 64.4 cm³/mol. The fourth-order valence-electron chi connectivity index (χ4n) is 1.94. The lowest BCUT2D eigenvalue weighted by atomic mass is 10.1. The Morgan fingerprint density at radius 2 is 2.18 bits per heavy atom. The Balaban J connectivity index is 2.50. The molecule has 2 aromatic rings. The quantitative estimate of drug-likeness (QED) is 0.865. The van der Waals surface area contributed by atoms with Gasteiger partial charge in [-0.25, -0.2) is 4.98 Å². The van der Waals surface area contributed by atoms with E-state index >= 15 is 0 Å². The molecule has 1 unspecified atom stereocenters. The summed E-state index contributed by atoms with van der Waals surface area (Å²) in [7, 11) is 3.62. The summed E-state index contributed by atoms with van der Waals surface area (Å²) in [6.07, 6.45) is 0. The molecule has 0 aliphatic carbocycles. The number of primary amides is 1. The van der Waals surface area contributed by atoms with Crippen LogP contribution in [0.3, 0.4) is 0 Å². The molecule has 2 N–H and O–H groups in total. The van der Waals surface area contributed by atoms with Crippen LogP contribution in [0.25, 0.3) is 11.1 Å². The van der Waals surface area contributed by atoms with Crippen LogP contribution in [0.15, 0.2) is 22.6 Å². The zero-order valence-corrected chi connectivity index (χ0v) is 10.1. The van der Waals surface area contributed by atoms with E-state index in [1.165, 1.54) is 0 Å². The predicted octanol–water partition coefficient (Wildman–Crippen LogP) is 1.22. The second kappa shape index (κ2) is 4.18. The van der Waals surface area contributed by atoms with Gasteiger partial charge in [0.05, 0.1) is 0 Å². The molecule has 90 valence electrons. The Kier molecular flexibility index (Phi) is 2.85. The molecule has 0 fully saturated rings. The number of rotatable bonds is 3. The highest BCUT2D eigenvalue weighted by Crippen LogP contribution is 2.23. The van der Waals surface area contributed by atoms with E-state index in [1.807, 2.05) is 32.3 Å². The van der Waals surface area contributed by atoms with Crippen LogP contribution in [0.5, 0.6) is 0 Å². The van der Waals surface area contributed by atoms with Crippen molar-refractivity contribution < 1.29 is 9.21 Å². The molecule has 17 heavy (non-hydrogen) atoms. The number of oxazole rings is 1. The lowest BCUT2D eigenvalue weighted by Gasteiger charge is -2.21. The van der Waals surface area contributed by atoms with Crippen molar-refractivity contribution in [3.8, 4) is 0 Å². The highest BCUT2D eigenvalue weighted by Gasteiger charge is 2.20. The zero-order chi connectivity index (χ0) is 12.6. The molecule has 5 heteroatoms. The number of aryl methyl sites for hydroxylation is 1. The van der Waals surface area contributed by atoms with Crippen LogP contribution in [0.4, 0.5) is 0 Å². The van der Waals surface area contributed by atoms with E-state index in [9.17, 15) is 4.79 Å². The van der Waals surface area contributed by atoms with Crippen LogP contribution in [0.2, 0.25) is 0 Å². The molecule has 0 aliphatic heterocycles. The van der Waals surface area contributed by atoms with Crippen molar-refractivity contribution in [3.05, 3.63) is 29.7 Å². The summed E-state index contributed by atoms with van der Waals surface area (Å²) in [6, 6.07) is 5.04. The number of nitrogens with two attached hydrogens (primary N) is 1. The van der Waals surface area contributed by atoms with Gasteiger partial charge in [-0.2, -0.15) is 0 Å². The molecule has 0 aliphatic rings. The van der Waals surface area contributed by atoms with E-state index in [1.54, 1.807) is 11.8 Å². The van der Waals surface area contributed by atoms with Crippen molar-refractivity contribution in [1.29, 1.82) is 0 Å². The Hall–Kier alpha value is -1.88. The molecule has 5 nitrogen and oxygen atoms in total. The molecular weight excluding hydrogens is 218 g/mol. The maximum Gasteiger partial charge on any atom is 0.239 e. The van der Waals surface area contributed by atoms with E-state index in [0.29, 0.717) is 11.5 Å². The Morgan fingerprint density at radius 3 is 2.76 bits per heavy atom. The highest BCUT2D eigenvalue weighted by molar-refractivity contribution is 5.83. The minimum absolute atomic E-state index is 0.384. The summed E-state index contributed by atoms with van der Waals surface area (Å²) < 4.78 is 5.44. The SMILES string of the molecule is Cc1nc2ccc(C(C(N)=O)N(C)C)cc2o1. The van der Waals surface area contributed by atoms with Crippen LogP contribution < -0.4 is 5.73 Å². The number of hydrogen-bond acceptors (Lipinski definition) is 4. The smallest absolute Gasteiger partial charge is 0.239 e. The first-order valence-electron chi connectivity index (χ1n) is 5.32. The minimum atomic E-state index is -0.454. The Labute approximate surface area is 99.2 Å². The first kappa shape index (κ1) is 11.6. The van der Waals surface area contributed by atoms with Gasteiger partial charge in [-0.3, -0.25) is 9.69 Å². The van der Waals surface area contributed by atoms with Gasteiger partial charge in [-0.05, 0) is 31.8 Å².